The van der Waals surface area contributed by atoms with Crippen molar-refractivity contribution in [3.8, 4) is 0 Å². The molecule has 170 valence electrons. The molecule has 2 aliphatic heterocycles. The number of halogens is 5. The van der Waals surface area contributed by atoms with Crippen LogP contribution in [0.4, 0.5) is 33.5 Å². The van der Waals surface area contributed by atoms with Gasteiger partial charge in [0.2, 0.25) is 0 Å². The number of aromatic nitrogens is 5. The van der Waals surface area contributed by atoms with E-state index in [1.807, 2.05) is 9.80 Å². The number of aryl methyl sites for hydroxylation is 1. The number of fused-ring (bicyclic) bond motifs is 1. The van der Waals surface area contributed by atoms with Crippen molar-refractivity contribution in [2.24, 2.45) is 5.41 Å². The average molecular weight is 453 g/mol. The van der Waals surface area contributed by atoms with Crippen LogP contribution in [0.3, 0.4) is 0 Å². The van der Waals surface area contributed by atoms with Crippen molar-refractivity contribution in [3.63, 3.8) is 0 Å². The molecule has 5 rings (SSSR count). The Morgan fingerprint density at radius 1 is 1.12 bits per heavy atom. The van der Waals surface area contributed by atoms with Crippen molar-refractivity contribution in [3.05, 3.63) is 35.9 Å². The van der Waals surface area contributed by atoms with Gasteiger partial charge in [-0.2, -0.15) is 18.3 Å². The van der Waals surface area contributed by atoms with Gasteiger partial charge in [-0.05, 0) is 25.5 Å². The van der Waals surface area contributed by atoms with Gasteiger partial charge in [-0.15, -0.1) is 0 Å². The van der Waals surface area contributed by atoms with Gasteiger partial charge < -0.3 is 9.80 Å². The summed E-state index contributed by atoms with van der Waals surface area (Å²) in [7, 11) is 0. The first-order chi connectivity index (χ1) is 15.1. The summed E-state index contributed by atoms with van der Waals surface area (Å²) in [5.74, 6) is 0.589. The van der Waals surface area contributed by atoms with E-state index in [1.165, 1.54) is 10.9 Å². The average Bonchev–Trinajstić information content (AvgIpc) is 3.28. The summed E-state index contributed by atoms with van der Waals surface area (Å²) in [4.78, 5) is 16.3. The maximum atomic E-state index is 12.9. The van der Waals surface area contributed by atoms with Gasteiger partial charge in [-0.3, -0.25) is 4.98 Å². The van der Waals surface area contributed by atoms with Crippen LogP contribution in [0.25, 0.3) is 11.2 Å². The Morgan fingerprint density at radius 2 is 1.88 bits per heavy atom. The molecular weight excluding hydrogens is 433 g/mol. The van der Waals surface area contributed by atoms with E-state index in [4.69, 9.17) is 0 Å². The Hall–Kier alpha value is -3.05. The molecule has 1 spiro atoms. The van der Waals surface area contributed by atoms with Crippen LogP contribution in [-0.2, 0) is 12.7 Å². The number of alkyl halides is 5. The minimum atomic E-state index is -4.48. The third kappa shape index (κ3) is 3.61. The van der Waals surface area contributed by atoms with Gasteiger partial charge >= 0.3 is 6.18 Å². The molecule has 2 fully saturated rings. The molecule has 0 aromatic carbocycles. The minimum absolute atomic E-state index is 0.0581. The van der Waals surface area contributed by atoms with E-state index in [0.717, 1.165) is 12.5 Å². The fourth-order valence-electron chi connectivity index (χ4n) is 4.60. The van der Waals surface area contributed by atoms with Crippen LogP contribution in [0, 0.1) is 12.3 Å². The summed E-state index contributed by atoms with van der Waals surface area (Å²) in [5, 5.41) is 4.12. The fraction of sp³-hybridized carbons (Fsp3) is 0.500. The normalized spacial score (nSPS) is 18.2. The lowest BCUT2D eigenvalue weighted by atomic mass is 9.79. The first kappa shape index (κ1) is 20.8. The molecule has 0 N–H and O–H groups in total. The number of hydrogen-bond acceptors (Lipinski definition) is 6. The lowest BCUT2D eigenvalue weighted by Crippen LogP contribution is -2.57. The van der Waals surface area contributed by atoms with Crippen LogP contribution in [0.2, 0.25) is 0 Å². The molecule has 0 radical (unpaired) electrons. The Bertz CT molecular complexity index is 1150. The molecule has 7 nitrogen and oxygen atoms in total. The van der Waals surface area contributed by atoms with Crippen molar-refractivity contribution in [2.45, 2.75) is 32.5 Å². The highest BCUT2D eigenvalue weighted by atomic mass is 19.4. The predicted molar refractivity (Wildman–Crippen MR) is 107 cm³/mol. The third-order valence-electron chi connectivity index (χ3n) is 6.12. The number of hydrogen-bond donors (Lipinski definition) is 0. The SMILES string of the molecule is Cc1nn(CC(F)F)c2nc(N3CCC4(CN(c5ccnc(C(F)(F)F)c5)C4)C3)cnc12. The highest BCUT2D eigenvalue weighted by Crippen LogP contribution is 2.43. The van der Waals surface area contributed by atoms with Crippen LogP contribution in [0.1, 0.15) is 17.8 Å². The van der Waals surface area contributed by atoms with Crippen LogP contribution in [0.15, 0.2) is 24.5 Å². The predicted octanol–water partition coefficient (Wildman–Crippen LogP) is 3.53. The van der Waals surface area contributed by atoms with Crippen molar-refractivity contribution < 1.29 is 22.0 Å². The third-order valence-corrected chi connectivity index (χ3v) is 6.12. The van der Waals surface area contributed by atoms with Crippen molar-refractivity contribution in [1.29, 1.82) is 0 Å². The zero-order valence-electron chi connectivity index (χ0n) is 17.1. The van der Waals surface area contributed by atoms with E-state index < -0.39 is 24.8 Å². The zero-order valence-corrected chi connectivity index (χ0v) is 17.1. The molecule has 0 amide bonds. The molecule has 32 heavy (non-hydrogen) atoms. The van der Waals surface area contributed by atoms with Crippen LogP contribution in [-0.4, -0.2) is 57.3 Å². The van der Waals surface area contributed by atoms with E-state index in [0.29, 0.717) is 54.5 Å². The second-order valence-electron chi connectivity index (χ2n) is 8.48. The number of rotatable bonds is 4. The van der Waals surface area contributed by atoms with Gasteiger partial charge in [0.15, 0.2) is 5.65 Å². The second kappa shape index (κ2) is 7.24. The molecule has 2 saturated heterocycles. The molecule has 2 aliphatic rings. The van der Waals surface area contributed by atoms with Gasteiger partial charge in [-0.1, -0.05) is 0 Å². The molecule has 0 aliphatic carbocycles. The summed E-state index contributed by atoms with van der Waals surface area (Å²) in [6.45, 7) is 3.79. The summed E-state index contributed by atoms with van der Waals surface area (Å²) in [5.41, 5.74) is 0.913. The summed E-state index contributed by atoms with van der Waals surface area (Å²) in [6, 6.07) is 2.66. The maximum Gasteiger partial charge on any atom is 0.433 e. The van der Waals surface area contributed by atoms with Crippen LogP contribution < -0.4 is 9.80 Å². The van der Waals surface area contributed by atoms with E-state index in [1.54, 1.807) is 19.2 Å². The van der Waals surface area contributed by atoms with E-state index in [2.05, 4.69) is 20.1 Å². The molecule has 3 aromatic heterocycles. The Balaban J connectivity index is 1.31. The summed E-state index contributed by atoms with van der Waals surface area (Å²) >= 11 is 0. The van der Waals surface area contributed by atoms with Gasteiger partial charge in [0.25, 0.3) is 6.43 Å². The summed E-state index contributed by atoms with van der Waals surface area (Å²) < 4.78 is 65.8. The van der Waals surface area contributed by atoms with Gasteiger partial charge in [-0.25, -0.2) is 23.4 Å². The lowest BCUT2D eigenvalue weighted by molar-refractivity contribution is -0.141. The standard InChI is InChI=1S/C20H20F5N7/c1-12-17-18(32(29-12)8-15(21)22)28-16(7-27-17)30-5-3-19(9-30)10-31(11-19)13-2-4-26-14(6-13)20(23,24)25/h2,4,6-7,15H,3,5,8-11H2,1H3. The number of anilines is 2. The first-order valence-corrected chi connectivity index (χ1v) is 10.2. The molecule has 5 heterocycles. The quantitative estimate of drug-likeness (QED) is 0.564. The zero-order chi connectivity index (χ0) is 22.7. The minimum Gasteiger partial charge on any atom is -0.370 e. The van der Waals surface area contributed by atoms with Crippen molar-refractivity contribution >= 4 is 22.7 Å². The largest absolute Gasteiger partial charge is 0.433 e. The monoisotopic (exact) mass is 453 g/mol. The Kier molecular flexibility index (Phi) is 4.71. The maximum absolute atomic E-state index is 12.9. The molecule has 0 saturated carbocycles. The molecule has 3 aromatic rings. The van der Waals surface area contributed by atoms with Crippen LogP contribution in [0.5, 0.6) is 0 Å². The lowest BCUT2D eigenvalue weighted by Gasteiger charge is -2.49. The van der Waals surface area contributed by atoms with Gasteiger partial charge in [0.1, 0.15) is 23.6 Å². The Labute approximate surface area is 179 Å². The first-order valence-electron chi connectivity index (χ1n) is 10.2. The van der Waals surface area contributed by atoms with Gasteiger partial charge in [0, 0.05) is 43.5 Å². The second-order valence-corrected chi connectivity index (χ2v) is 8.48. The van der Waals surface area contributed by atoms with E-state index in [-0.39, 0.29) is 5.41 Å². The highest BCUT2D eigenvalue weighted by molar-refractivity contribution is 5.75. The molecule has 0 atom stereocenters. The summed E-state index contributed by atoms with van der Waals surface area (Å²) in [6.07, 6.45) is -3.37. The topological polar surface area (TPSA) is 63.0 Å². The van der Waals surface area contributed by atoms with Gasteiger partial charge in [0.05, 0.1) is 11.9 Å². The highest BCUT2D eigenvalue weighted by Gasteiger charge is 2.48. The molecule has 12 heteroatoms. The molecular formula is C20H20F5N7. The Morgan fingerprint density at radius 3 is 2.59 bits per heavy atom. The molecule has 0 unspecified atom stereocenters. The van der Waals surface area contributed by atoms with E-state index in [9.17, 15) is 22.0 Å². The van der Waals surface area contributed by atoms with E-state index >= 15 is 0 Å². The molecule has 0 bridgehead atoms. The number of pyridine rings is 1. The number of nitrogens with zero attached hydrogens (tertiary/aromatic N) is 7. The fourth-order valence-corrected chi connectivity index (χ4v) is 4.60. The van der Waals surface area contributed by atoms with Crippen molar-refractivity contribution in [1.82, 2.24) is 24.7 Å². The van der Waals surface area contributed by atoms with Crippen LogP contribution >= 0.6 is 0 Å². The van der Waals surface area contributed by atoms with Crippen molar-refractivity contribution in [2.75, 3.05) is 36.0 Å². The smallest absolute Gasteiger partial charge is 0.370 e.